The number of nitrogens with one attached hydrogen (secondary N) is 1. The third-order valence-corrected chi connectivity index (χ3v) is 2.73. The third kappa shape index (κ3) is 3.16. The van der Waals surface area contributed by atoms with E-state index in [2.05, 4.69) is 15.6 Å². The number of benzene rings is 1. The minimum Gasteiger partial charge on any atom is -0.378 e. The van der Waals surface area contributed by atoms with Crippen molar-refractivity contribution in [3.8, 4) is 0 Å². The van der Waals surface area contributed by atoms with E-state index >= 15 is 0 Å². The first-order valence-corrected chi connectivity index (χ1v) is 5.95. The maximum Gasteiger partial charge on any atom is 0.293 e. The number of anilines is 1. The van der Waals surface area contributed by atoms with Crippen molar-refractivity contribution >= 4 is 17.2 Å². The highest BCUT2D eigenvalue weighted by atomic mass is 16.6. The van der Waals surface area contributed by atoms with Crippen molar-refractivity contribution in [2.24, 2.45) is 0 Å². The number of nitro benzene ring substituents is 1. The maximum atomic E-state index is 11.2. The summed E-state index contributed by atoms with van der Waals surface area (Å²) in [6.07, 6.45) is 3.26. The van der Waals surface area contributed by atoms with E-state index in [9.17, 15) is 14.9 Å². The van der Waals surface area contributed by atoms with Crippen LogP contribution in [0.25, 0.3) is 0 Å². The average molecular weight is 275 g/mol. The first-order valence-electron chi connectivity index (χ1n) is 5.95. The number of hydrogen-bond acceptors (Lipinski definition) is 6. The standard InChI is InChI=1S/C12H13N5O3/c1-9(18)10-2-3-11(12(8-10)17(19)20)13-4-6-16-7-5-14-15-16/h2-3,5,7-8,13H,4,6H2,1H3. The van der Waals surface area contributed by atoms with Crippen molar-refractivity contribution in [3.05, 3.63) is 46.3 Å². The molecule has 0 radical (unpaired) electrons. The minimum absolute atomic E-state index is 0.115. The largest absolute Gasteiger partial charge is 0.378 e. The molecule has 0 saturated heterocycles. The summed E-state index contributed by atoms with van der Waals surface area (Å²) in [4.78, 5) is 21.7. The van der Waals surface area contributed by atoms with Crippen LogP contribution in [0.1, 0.15) is 17.3 Å². The summed E-state index contributed by atoms with van der Waals surface area (Å²) < 4.78 is 1.61. The monoisotopic (exact) mass is 275 g/mol. The van der Waals surface area contributed by atoms with E-state index in [1.165, 1.54) is 19.1 Å². The molecule has 0 aliphatic heterocycles. The highest BCUT2D eigenvalue weighted by Crippen LogP contribution is 2.25. The van der Waals surface area contributed by atoms with E-state index < -0.39 is 4.92 Å². The van der Waals surface area contributed by atoms with Gasteiger partial charge in [-0.3, -0.25) is 19.6 Å². The molecule has 8 nitrogen and oxygen atoms in total. The van der Waals surface area contributed by atoms with Gasteiger partial charge in [-0.05, 0) is 19.1 Å². The number of rotatable bonds is 6. The van der Waals surface area contributed by atoms with Gasteiger partial charge in [0.2, 0.25) is 0 Å². The number of ketones is 1. The van der Waals surface area contributed by atoms with E-state index in [4.69, 9.17) is 0 Å². The number of carbonyl (C=O) groups is 1. The quantitative estimate of drug-likeness (QED) is 0.487. The molecule has 0 unspecified atom stereocenters. The second-order valence-corrected chi connectivity index (χ2v) is 4.14. The number of Topliss-reactive ketones (excluding diaryl/α,β-unsaturated/α-hetero) is 1. The fourth-order valence-electron chi connectivity index (χ4n) is 1.71. The topological polar surface area (TPSA) is 103 Å². The summed E-state index contributed by atoms with van der Waals surface area (Å²) in [5.74, 6) is -0.206. The predicted octanol–water partition coefficient (Wildman–Crippen LogP) is 1.50. The molecule has 0 fully saturated rings. The van der Waals surface area contributed by atoms with Crippen molar-refractivity contribution in [3.63, 3.8) is 0 Å². The highest BCUT2D eigenvalue weighted by Gasteiger charge is 2.15. The van der Waals surface area contributed by atoms with Gasteiger partial charge in [0.1, 0.15) is 5.69 Å². The molecule has 104 valence electrons. The van der Waals surface area contributed by atoms with Crippen molar-refractivity contribution in [2.75, 3.05) is 11.9 Å². The molecule has 8 heteroatoms. The molecule has 20 heavy (non-hydrogen) atoms. The summed E-state index contributed by atoms with van der Waals surface area (Å²) >= 11 is 0. The van der Waals surface area contributed by atoms with Gasteiger partial charge < -0.3 is 5.32 Å². The van der Waals surface area contributed by atoms with Crippen LogP contribution >= 0.6 is 0 Å². The Balaban J connectivity index is 2.10. The Morgan fingerprint density at radius 2 is 2.30 bits per heavy atom. The Labute approximate surface area is 114 Å². The molecule has 1 N–H and O–H groups in total. The van der Waals surface area contributed by atoms with Crippen LogP contribution in [0.4, 0.5) is 11.4 Å². The average Bonchev–Trinajstić information content (AvgIpc) is 2.91. The van der Waals surface area contributed by atoms with E-state index in [0.29, 0.717) is 24.3 Å². The molecule has 1 heterocycles. The Kier molecular flexibility index (Phi) is 4.04. The van der Waals surface area contributed by atoms with Crippen LogP contribution in [0.5, 0.6) is 0 Å². The Morgan fingerprint density at radius 3 is 2.90 bits per heavy atom. The zero-order valence-electron chi connectivity index (χ0n) is 10.8. The summed E-state index contributed by atoms with van der Waals surface area (Å²) in [5.41, 5.74) is 0.579. The predicted molar refractivity (Wildman–Crippen MR) is 71.6 cm³/mol. The van der Waals surface area contributed by atoms with Crippen LogP contribution in [0, 0.1) is 10.1 Å². The number of nitro groups is 1. The normalized spacial score (nSPS) is 10.2. The fraction of sp³-hybridized carbons (Fsp3) is 0.250. The van der Waals surface area contributed by atoms with Gasteiger partial charge in [0.25, 0.3) is 5.69 Å². The lowest BCUT2D eigenvalue weighted by Gasteiger charge is -2.07. The number of aromatic nitrogens is 3. The molecular weight excluding hydrogens is 262 g/mol. The van der Waals surface area contributed by atoms with Gasteiger partial charge in [0.15, 0.2) is 5.78 Å². The van der Waals surface area contributed by atoms with Gasteiger partial charge >= 0.3 is 0 Å². The van der Waals surface area contributed by atoms with Crippen molar-refractivity contribution in [1.82, 2.24) is 15.0 Å². The third-order valence-electron chi connectivity index (χ3n) is 2.73. The van der Waals surface area contributed by atoms with Crippen molar-refractivity contribution in [2.45, 2.75) is 13.5 Å². The number of nitrogens with zero attached hydrogens (tertiary/aromatic N) is 4. The van der Waals surface area contributed by atoms with Gasteiger partial charge in [0.05, 0.1) is 17.7 Å². The molecule has 1 aromatic carbocycles. The van der Waals surface area contributed by atoms with E-state index in [1.807, 2.05) is 0 Å². The molecule has 0 spiro atoms. The lowest BCUT2D eigenvalue weighted by Crippen LogP contribution is -2.12. The maximum absolute atomic E-state index is 11.2. The van der Waals surface area contributed by atoms with Crippen molar-refractivity contribution in [1.29, 1.82) is 0 Å². The molecule has 2 aromatic rings. The van der Waals surface area contributed by atoms with Crippen LogP contribution in [0.15, 0.2) is 30.6 Å². The van der Waals surface area contributed by atoms with Gasteiger partial charge in [-0.25, -0.2) is 0 Å². The van der Waals surface area contributed by atoms with Crippen LogP contribution in [-0.2, 0) is 6.54 Å². The van der Waals surface area contributed by atoms with Crippen LogP contribution < -0.4 is 5.32 Å². The molecule has 1 aromatic heterocycles. The Morgan fingerprint density at radius 1 is 1.50 bits per heavy atom. The molecule has 2 rings (SSSR count). The van der Waals surface area contributed by atoms with Gasteiger partial charge in [0, 0.05) is 24.4 Å². The number of hydrogen-bond donors (Lipinski definition) is 1. The molecule has 0 atom stereocenters. The SMILES string of the molecule is CC(=O)c1ccc(NCCn2ccnn2)c([N+](=O)[O-])c1. The lowest BCUT2D eigenvalue weighted by atomic mass is 10.1. The van der Waals surface area contributed by atoms with E-state index in [0.717, 1.165) is 0 Å². The minimum atomic E-state index is -0.510. The Hall–Kier alpha value is -2.77. The molecule has 0 amide bonds. The first-order chi connectivity index (χ1) is 9.58. The first kappa shape index (κ1) is 13.7. The Bertz CT molecular complexity index is 624. The molecule has 0 saturated carbocycles. The van der Waals surface area contributed by atoms with Crippen molar-refractivity contribution < 1.29 is 9.72 Å². The summed E-state index contributed by atoms with van der Waals surface area (Å²) in [6, 6.07) is 4.38. The van der Waals surface area contributed by atoms with Gasteiger partial charge in [-0.1, -0.05) is 5.21 Å². The summed E-state index contributed by atoms with van der Waals surface area (Å²) in [5, 5.41) is 21.4. The zero-order chi connectivity index (χ0) is 14.5. The molecule has 0 aliphatic carbocycles. The van der Waals surface area contributed by atoms with E-state index in [-0.39, 0.29) is 11.5 Å². The lowest BCUT2D eigenvalue weighted by molar-refractivity contribution is -0.384. The second kappa shape index (κ2) is 5.91. The van der Waals surface area contributed by atoms with Crippen LogP contribution in [-0.4, -0.2) is 32.2 Å². The zero-order valence-corrected chi connectivity index (χ0v) is 10.8. The molecular formula is C12H13N5O3. The molecule has 0 bridgehead atoms. The van der Waals surface area contributed by atoms with Gasteiger partial charge in [-0.15, -0.1) is 5.10 Å². The smallest absolute Gasteiger partial charge is 0.293 e. The molecule has 0 aliphatic rings. The van der Waals surface area contributed by atoms with Gasteiger partial charge in [-0.2, -0.15) is 0 Å². The summed E-state index contributed by atoms with van der Waals surface area (Å²) in [7, 11) is 0. The van der Waals surface area contributed by atoms with E-state index in [1.54, 1.807) is 23.1 Å². The van der Waals surface area contributed by atoms with Crippen LogP contribution in [0.2, 0.25) is 0 Å². The summed E-state index contributed by atoms with van der Waals surface area (Å²) in [6.45, 7) is 2.37. The number of carbonyl (C=O) groups excluding carboxylic acids is 1. The van der Waals surface area contributed by atoms with Crippen LogP contribution in [0.3, 0.4) is 0 Å². The highest BCUT2D eigenvalue weighted by molar-refractivity contribution is 5.95. The fourth-order valence-corrected chi connectivity index (χ4v) is 1.71. The second-order valence-electron chi connectivity index (χ2n) is 4.14.